The molecule has 20 heavy (non-hydrogen) atoms. The third-order valence-electron chi connectivity index (χ3n) is 2.44. The highest BCUT2D eigenvalue weighted by molar-refractivity contribution is 7.89. The highest BCUT2D eigenvalue weighted by Gasteiger charge is 2.25. The molecule has 1 heterocycles. The Bertz CT molecular complexity index is 722. The number of hydrogen-bond acceptors (Lipinski definition) is 4. The zero-order chi connectivity index (χ0) is 14.9. The Morgan fingerprint density at radius 2 is 1.85 bits per heavy atom. The molecule has 0 saturated heterocycles. The molecule has 0 fully saturated rings. The normalized spacial score (nSPS) is 11.8. The number of nitrogens with zero attached hydrogens (tertiary/aromatic N) is 1. The summed E-state index contributed by atoms with van der Waals surface area (Å²) in [7, 11) is -4.50. The van der Waals surface area contributed by atoms with E-state index in [1.807, 2.05) is 4.72 Å². The smallest absolute Gasteiger partial charge is 0.246 e. The maximum atomic E-state index is 13.4. The Kier molecular flexibility index (Phi) is 3.68. The molecule has 2 aromatic rings. The zero-order valence-corrected chi connectivity index (χ0v) is 10.6. The molecular formula is C10H9F3N4O2S. The standard InChI is InChI=1S/C10H9F3N4O2S/c11-6-1-7(12)9(8(13)2-6)20(18,19)16-4-5-3-15-17-10(5)14/h1-3,16H,4H2,(H3,14,15,17). The van der Waals surface area contributed by atoms with Crippen molar-refractivity contribution in [3.05, 3.63) is 41.3 Å². The van der Waals surface area contributed by atoms with Gasteiger partial charge in [-0.15, -0.1) is 0 Å². The molecule has 0 aliphatic heterocycles. The Hall–Kier alpha value is -2.07. The molecule has 1 aromatic heterocycles. The van der Waals surface area contributed by atoms with Gasteiger partial charge in [0.15, 0.2) is 4.90 Å². The Morgan fingerprint density at radius 1 is 1.25 bits per heavy atom. The van der Waals surface area contributed by atoms with Gasteiger partial charge < -0.3 is 5.73 Å². The van der Waals surface area contributed by atoms with Crippen LogP contribution in [0.3, 0.4) is 0 Å². The fourth-order valence-corrected chi connectivity index (χ4v) is 2.61. The number of H-pyrrole nitrogens is 1. The number of nitrogens with two attached hydrogens (primary N) is 1. The van der Waals surface area contributed by atoms with Crippen molar-refractivity contribution >= 4 is 15.8 Å². The van der Waals surface area contributed by atoms with E-state index in [0.29, 0.717) is 5.56 Å². The molecule has 0 radical (unpaired) electrons. The van der Waals surface area contributed by atoms with Crippen molar-refractivity contribution in [1.29, 1.82) is 0 Å². The van der Waals surface area contributed by atoms with Crippen LogP contribution in [0.1, 0.15) is 5.56 Å². The van der Waals surface area contributed by atoms with E-state index >= 15 is 0 Å². The van der Waals surface area contributed by atoms with Crippen LogP contribution in [-0.2, 0) is 16.6 Å². The summed E-state index contributed by atoms with van der Waals surface area (Å²) in [5, 5.41) is 5.93. The second kappa shape index (κ2) is 5.13. The summed E-state index contributed by atoms with van der Waals surface area (Å²) in [5.74, 6) is -4.13. The number of nitrogens with one attached hydrogen (secondary N) is 2. The van der Waals surface area contributed by atoms with Gasteiger partial charge in [0.25, 0.3) is 0 Å². The van der Waals surface area contributed by atoms with Crippen molar-refractivity contribution in [2.75, 3.05) is 5.73 Å². The molecule has 108 valence electrons. The number of hydrogen-bond donors (Lipinski definition) is 3. The first-order valence-corrected chi connectivity index (χ1v) is 6.71. The SMILES string of the molecule is Nc1[nH]ncc1CNS(=O)(=O)c1c(F)cc(F)cc1F. The molecule has 0 saturated carbocycles. The second-order valence-corrected chi connectivity index (χ2v) is 5.54. The van der Waals surface area contributed by atoms with Gasteiger partial charge in [0.2, 0.25) is 10.0 Å². The van der Waals surface area contributed by atoms with Crippen molar-refractivity contribution in [3.8, 4) is 0 Å². The van der Waals surface area contributed by atoms with E-state index in [1.54, 1.807) is 0 Å². The minimum Gasteiger partial charge on any atom is -0.384 e. The summed E-state index contributed by atoms with van der Waals surface area (Å²) in [4.78, 5) is -1.25. The average Bonchev–Trinajstić information content (AvgIpc) is 2.70. The minimum absolute atomic E-state index is 0.118. The van der Waals surface area contributed by atoms with Crippen LogP contribution in [0.25, 0.3) is 0 Å². The maximum Gasteiger partial charge on any atom is 0.246 e. The predicted octanol–water partition coefficient (Wildman–Crippen LogP) is 0.888. The topological polar surface area (TPSA) is 101 Å². The van der Waals surface area contributed by atoms with Crippen LogP contribution in [0.15, 0.2) is 23.2 Å². The molecule has 0 amide bonds. The minimum atomic E-state index is -4.50. The number of nitrogen functional groups attached to an aromatic ring is 1. The molecule has 0 atom stereocenters. The van der Waals surface area contributed by atoms with Crippen molar-refractivity contribution in [1.82, 2.24) is 14.9 Å². The lowest BCUT2D eigenvalue weighted by molar-refractivity contribution is 0.494. The number of aromatic amines is 1. The molecular weight excluding hydrogens is 297 g/mol. The molecule has 1 aromatic carbocycles. The quantitative estimate of drug-likeness (QED) is 0.780. The van der Waals surface area contributed by atoms with Crippen LogP contribution < -0.4 is 10.5 Å². The molecule has 0 aliphatic carbocycles. The fourth-order valence-electron chi connectivity index (χ4n) is 1.49. The summed E-state index contributed by atoms with van der Waals surface area (Å²) in [6.45, 7) is -0.319. The monoisotopic (exact) mass is 306 g/mol. The van der Waals surface area contributed by atoms with Gasteiger partial charge >= 0.3 is 0 Å². The molecule has 6 nitrogen and oxygen atoms in total. The number of rotatable bonds is 4. The summed E-state index contributed by atoms with van der Waals surface area (Å²) >= 11 is 0. The number of anilines is 1. The number of sulfonamides is 1. The van der Waals surface area contributed by atoms with E-state index in [9.17, 15) is 21.6 Å². The van der Waals surface area contributed by atoms with Gasteiger partial charge in [-0.2, -0.15) is 5.10 Å². The number of benzene rings is 1. The molecule has 0 spiro atoms. The summed E-state index contributed by atoms with van der Waals surface area (Å²) in [5.41, 5.74) is 5.74. The van der Waals surface area contributed by atoms with Crippen LogP contribution in [0.2, 0.25) is 0 Å². The molecule has 0 unspecified atom stereocenters. The molecule has 10 heteroatoms. The summed E-state index contributed by atoms with van der Waals surface area (Å²) in [6, 6.07) is 0.563. The first kappa shape index (κ1) is 14.3. The number of aromatic nitrogens is 2. The van der Waals surface area contributed by atoms with E-state index in [-0.39, 0.29) is 24.5 Å². The molecule has 0 aliphatic rings. The third-order valence-corrected chi connectivity index (χ3v) is 3.89. The average molecular weight is 306 g/mol. The summed E-state index contributed by atoms with van der Waals surface area (Å²) < 4.78 is 65.1. The maximum absolute atomic E-state index is 13.4. The summed E-state index contributed by atoms with van der Waals surface area (Å²) in [6.07, 6.45) is 1.26. The van der Waals surface area contributed by atoms with Crippen LogP contribution in [0, 0.1) is 17.5 Å². The van der Waals surface area contributed by atoms with E-state index in [0.717, 1.165) is 0 Å². The van der Waals surface area contributed by atoms with Crippen LogP contribution in [0.5, 0.6) is 0 Å². The lowest BCUT2D eigenvalue weighted by Gasteiger charge is -2.08. The second-order valence-electron chi connectivity index (χ2n) is 3.83. The van der Waals surface area contributed by atoms with Crippen molar-refractivity contribution in [3.63, 3.8) is 0 Å². The van der Waals surface area contributed by atoms with Gasteiger partial charge in [-0.25, -0.2) is 26.3 Å². The van der Waals surface area contributed by atoms with Gasteiger partial charge in [-0.3, -0.25) is 5.10 Å². The van der Waals surface area contributed by atoms with Crippen molar-refractivity contribution in [2.24, 2.45) is 0 Å². The first-order valence-electron chi connectivity index (χ1n) is 5.23. The van der Waals surface area contributed by atoms with Crippen LogP contribution in [0.4, 0.5) is 19.0 Å². The van der Waals surface area contributed by atoms with Crippen LogP contribution >= 0.6 is 0 Å². The lowest BCUT2D eigenvalue weighted by atomic mass is 10.3. The zero-order valence-electron chi connectivity index (χ0n) is 9.82. The van der Waals surface area contributed by atoms with Gasteiger partial charge in [0.05, 0.1) is 6.20 Å². The van der Waals surface area contributed by atoms with Crippen LogP contribution in [-0.4, -0.2) is 18.6 Å². The van der Waals surface area contributed by atoms with Gasteiger partial charge in [-0.1, -0.05) is 0 Å². The Morgan fingerprint density at radius 3 is 2.35 bits per heavy atom. The van der Waals surface area contributed by atoms with E-state index in [2.05, 4.69) is 10.2 Å². The highest BCUT2D eigenvalue weighted by atomic mass is 32.2. The molecule has 2 rings (SSSR count). The third kappa shape index (κ3) is 2.75. The predicted molar refractivity (Wildman–Crippen MR) is 63.3 cm³/mol. The van der Waals surface area contributed by atoms with E-state index in [4.69, 9.17) is 5.73 Å². The Labute approximate surface area is 111 Å². The first-order chi connectivity index (χ1) is 9.31. The fraction of sp³-hybridized carbons (Fsp3) is 0.100. The lowest BCUT2D eigenvalue weighted by Crippen LogP contribution is -2.25. The number of halogens is 3. The largest absolute Gasteiger partial charge is 0.384 e. The highest BCUT2D eigenvalue weighted by Crippen LogP contribution is 2.20. The molecule has 0 bridgehead atoms. The van der Waals surface area contributed by atoms with E-state index < -0.39 is 32.4 Å². The van der Waals surface area contributed by atoms with Gasteiger partial charge in [0.1, 0.15) is 23.3 Å². The van der Waals surface area contributed by atoms with Gasteiger partial charge in [-0.05, 0) is 0 Å². The van der Waals surface area contributed by atoms with Crippen molar-refractivity contribution in [2.45, 2.75) is 11.4 Å². The van der Waals surface area contributed by atoms with E-state index in [1.165, 1.54) is 6.20 Å². The Balaban J connectivity index is 2.30. The molecule has 4 N–H and O–H groups in total. The van der Waals surface area contributed by atoms with Crippen molar-refractivity contribution < 1.29 is 21.6 Å². The van der Waals surface area contributed by atoms with Gasteiger partial charge in [0, 0.05) is 24.2 Å².